The van der Waals surface area contributed by atoms with Crippen molar-refractivity contribution in [2.24, 2.45) is 5.92 Å². The van der Waals surface area contributed by atoms with E-state index in [0.29, 0.717) is 23.7 Å². The number of amides is 1. The predicted molar refractivity (Wildman–Crippen MR) is 121 cm³/mol. The lowest BCUT2D eigenvalue weighted by Gasteiger charge is -2.39. The van der Waals surface area contributed by atoms with Gasteiger partial charge >= 0.3 is 0 Å². The fourth-order valence-electron chi connectivity index (χ4n) is 5.13. The van der Waals surface area contributed by atoms with Crippen molar-refractivity contribution in [1.29, 1.82) is 0 Å². The Kier molecular flexibility index (Phi) is 4.56. The van der Waals surface area contributed by atoms with Crippen LogP contribution < -0.4 is 4.90 Å². The lowest BCUT2D eigenvalue weighted by atomic mass is 9.91. The number of carbonyl (C=O) groups excluding carboxylic acids is 1. The van der Waals surface area contributed by atoms with Crippen molar-refractivity contribution in [1.82, 2.24) is 29.9 Å². The summed E-state index contributed by atoms with van der Waals surface area (Å²) in [5.41, 5.74) is 2.25. The maximum atomic E-state index is 13.6. The van der Waals surface area contributed by atoms with Crippen LogP contribution in [-0.2, 0) is 0 Å². The first-order valence-corrected chi connectivity index (χ1v) is 11.0. The first-order chi connectivity index (χ1) is 15.8. The number of nitrogens with zero attached hydrogens (tertiary/aromatic N) is 7. The van der Waals surface area contributed by atoms with Crippen LogP contribution in [-0.4, -0.2) is 61.4 Å². The molecule has 160 valence electrons. The minimum absolute atomic E-state index is 0.0206. The van der Waals surface area contributed by atoms with Gasteiger partial charge < -0.3 is 9.80 Å². The van der Waals surface area contributed by atoms with Crippen molar-refractivity contribution >= 4 is 22.6 Å². The number of aromatic nitrogens is 5. The quantitative estimate of drug-likeness (QED) is 0.502. The summed E-state index contributed by atoms with van der Waals surface area (Å²) < 4.78 is 0. The number of piperidine rings is 1. The second kappa shape index (κ2) is 7.71. The third-order valence-electron chi connectivity index (χ3n) is 6.69. The van der Waals surface area contributed by atoms with Crippen LogP contribution >= 0.6 is 0 Å². The molecule has 1 amide bonds. The zero-order valence-electron chi connectivity index (χ0n) is 17.6. The molecule has 0 unspecified atom stereocenters. The van der Waals surface area contributed by atoms with Crippen molar-refractivity contribution in [3.63, 3.8) is 0 Å². The van der Waals surface area contributed by atoms with Crippen molar-refractivity contribution in [2.45, 2.75) is 18.9 Å². The van der Waals surface area contributed by atoms with Crippen molar-refractivity contribution < 1.29 is 4.79 Å². The average molecular weight is 425 g/mol. The molecule has 2 saturated heterocycles. The normalized spacial score (nSPS) is 20.5. The molecule has 2 fully saturated rings. The van der Waals surface area contributed by atoms with Crippen LogP contribution in [0.15, 0.2) is 67.3 Å². The first-order valence-electron chi connectivity index (χ1n) is 11.0. The molecule has 8 nitrogen and oxygen atoms in total. The molecule has 6 rings (SSSR count). The number of pyridine rings is 2. The van der Waals surface area contributed by atoms with Gasteiger partial charge in [0.1, 0.15) is 5.52 Å². The molecule has 32 heavy (non-hydrogen) atoms. The number of rotatable bonds is 3. The SMILES string of the molecule is O=C(c1ccccc1-n1nccn1)N1CC[C@H]2CCN(c3nccc4cccnc34)[C@H]2C1. The number of hydrogen-bond acceptors (Lipinski definition) is 6. The molecule has 0 N–H and O–H groups in total. The number of anilines is 1. The Morgan fingerprint density at radius 3 is 2.62 bits per heavy atom. The Balaban J connectivity index is 1.30. The monoisotopic (exact) mass is 425 g/mol. The molecule has 2 atom stereocenters. The summed E-state index contributed by atoms with van der Waals surface area (Å²) in [7, 11) is 0. The van der Waals surface area contributed by atoms with Crippen molar-refractivity contribution in [3.8, 4) is 5.69 Å². The first kappa shape index (κ1) is 18.9. The molecule has 4 aromatic rings. The zero-order valence-corrected chi connectivity index (χ0v) is 17.6. The highest BCUT2D eigenvalue weighted by molar-refractivity contribution is 5.98. The highest BCUT2D eigenvalue weighted by atomic mass is 16.2. The maximum Gasteiger partial charge on any atom is 0.256 e. The minimum Gasteiger partial charge on any atom is -0.350 e. The van der Waals surface area contributed by atoms with Crippen molar-refractivity contribution in [2.75, 3.05) is 24.5 Å². The van der Waals surface area contributed by atoms with Crippen molar-refractivity contribution in [3.05, 3.63) is 72.8 Å². The van der Waals surface area contributed by atoms with Gasteiger partial charge in [0, 0.05) is 37.4 Å². The highest BCUT2D eigenvalue weighted by Gasteiger charge is 2.41. The Hall–Kier alpha value is -3.81. The molecule has 0 spiro atoms. The van der Waals surface area contributed by atoms with E-state index in [1.165, 1.54) is 4.80 Å². The van der Waals surface area contributed by atoms with E-state index in [1.54, 1.807) is 12.4 Å². The third kappa shape index (κ3) is 3.10. The molecule has 8 heteroatoms. The van der Waals surface area contributed by atoms with E-state index in [0.717, 1.165) is 42.7 Å². The van der Waals surface area contributed by atoms with Gasteiger partial charge in [-0.15, -0.1) is 0 Å². The Bertz CT molecular complexity index is 1270. The number of likely N-dealkylation sites (tertiary alicyclic amines) is 1. The maximum absolute atomic E-state index is 13.6. The van der Waals surface area contributed by atoms with E-state index in [4.69, 9.17) is 4.98 Å². The molecule has 0 aliphatic carbocycles. The molecule has 2 aliphatic heterocycles. The van der Waals surface area contributed by atoms with E-state index in [1.807, 2.05) is 53.7 Å². The Labute approximate surface area is 185 Å². The van der Waals surface area contributed by atoms with Crippen LogP contribution in [0.25, 0.3) is 16.6 Å². The van der Waals surface area contributed by atoms with Gasteiger partial charge in [0.2, 0.25) is 0 Å². The second-order valence-electron chi connectivity index (χ2n) is 8.39. The molecule has 5 heterocycles. The van der Waals surface area contributed by atoms with Gasteiger partial charge in [0.15, 0.2) is 5.82 Å². The van der Waals surface area contributed by atoms with Crippen LogP contribution in [0, 0.1) is 5.92 Å². The molecule has 0 bridgehead atoms. The average Bonchev–Trinajstić information content (AvgIpc) is 3.53. The molecular formula is C24H23N7O. The lowest BCUT2D eigenvalue weighted by molar-refractivity contribution is 0.0678. The van der Waals surface area contributed by atoms with Gasteiger partial charge in [-0.1, -0.05) is 18.2 Å². The molecule has 1 aromatic carbocycles. The lowest BCUT2D eigenvalue weighted by Crippen LogP contribution is -2.50. The summed E-state index contributed by atoms with van der Waals surface area (Å²) in [6.45, 7) is 2.37. The predicted octanol–water partition coefficient (Wildman–Crippen LogP) is 2.95. The minimum atomic E-state index is 0.0206. The number of carbonyl (C=O) groups is 1. The second-order valence-corrected chi connectivity index (χ2v) is 8.39. The number of hydrogen-bond donors (Lipinski definition) is 0. The zero-order chi connectivity index (χ0) is 21.5. The summed E-state index contributed by atoms with van der Waals surface area (Å²) in [6.07, 6.45) is 9.02. The summed E-state index contributed by atoms with van der Waals surface area (Å²) in [5.74, 6) is 1.50. The van der Waals surface area contributed by atoms with Crippen LogP contribution in [0.5, 0.6) is 0 Å². The topological polar surface area (TPSA) is 80.0 Å². The van der Waals surface area contributed by atoms with Gasteiger partial charge in [0.25, 0.3) is 5.91 Å². The van der Waals surface area contributed by atoms with Crippen LogP contribution in [0.1, 0.15) is 23.2 Å². The van der Waals surface area contributed by atoms with E-state index in [2.05, 4.69) is 26.1 Å². The molecule has 2 aliphatic rings. The third-order valence-corrected chi connectivity index (χ3v) is 6.69. The highest BCUT2D eigenvalue weighted by Crippen LogP contribution is 2.37. The fourth-order valence-corrected chi connectivity index (χ4v) is 5.13. The molecule has 3 aromatic heterocycles. The van der Waals surface area contributed by atoms with Gasteiger partial charge in [-0.3, -0.25) is 9.78 Å². The van der Waals surface area contributed by atoms with E-state index in [-0.39, 0.29) is 11.9 Å². The standard InChI is InChI=1S/C24H23N7O/c32-24(19-5-1-2-6-20(19)31-27-12-13-28-31)29-14-8-17-9-15-30(21(17)16-29)23-22-18(7-11-26-23)4-3-10-25-22/h1-7,10-13,17,21H,8-9,14-16H2/t17-,21-/m0/s1. The molecule has 0 radical (unpaired) electrons. The summed E-state index contributed by atoms with van der Waals surface area (Å²) in [5, 5.41) is 9.53. The fraction of sp³-hybridized carbons (Fsp3) is 0.292. The van der Waals surface area contributed by atoms with Crippen LogP contribution in [0.4, 0.5) is 5.82 Å². The summed E-state index contributed by atoms with van der Waals surface area (Å²) in [6, 6.07) is 13.8. The van der Waals surface area contributed by atoms with Gasteiger partial charge in [-0.05, 0) is 43.0 Å². The van der Waals surface area contributed by atoms with Gasteiger partial charge in [-0.2, -0.15) is 15.0 Å². The van der Waals surface area contributed by atoms with E-state index >= 15 is 0 Å². The summed E-state index contributed by atoms with van der Waals surface area (Å²) in [4.78, 5) is 28.7. The largest absolute Gasteiger partial charge is 0.350 e. The van der Waals surface area contributed by atoms with E-state index < -0.39 is 0 Å². The molecule has 0 saturated carbocycles. The van der Waals surface area contributed by atoms with Crippen LogP contribution in [0.3, 0.4) is 0 Å². The number of para-hydroxylation sites is 1. The van der Waals surface area contributed by atoms with Gasteiger partial charge in [-0.25, -0.2) is 4.98 Å². The molecular weight excluding hydrogens is 402 g/mol. The van der Waals surface area contributed by atoms with Gasteiger partial charge in [0.05, 0.1) is 29.7 Å². The Morgan fingerprint density at radius 2 is 1.72 bits per heavy atom. The smallest absolute Gasteiger partial charge is 0.256 e. The van der Waals surface area contributed by atoms with E-state index in [9.17, 15) is 4.79 Å². The van der Waals surface area contributed by atoms with Crippen LogP contribution in [0.2, 0.25) is 0 Å². The number of benzene rings is 1. The number of fused-ring (bicyclic) bond motifs is 2. The Morgan fingerprint density at radius 1 is 0.875 bits per heavy atom. The summed E-state index contributed by atoms with van der Waals surface area (Å²) >= 11 is 0.